The molecule has 0 bridgehead atoms. The molecule has 9 heteroatoms. The molecule has 1 aliphatic heterocycles. The summed E-state index contributed by atoms with van der Waals surface area (Å²) >= 11 is 0. The van der Waals surface area contributed by atoms with Gasteiger partial charge in [-0.25, -0.2) is 17.2 Å². The van der Waals surface area contributed by atoms with Crippen molar-refractivity contribution in [3.63, 3.8) is 0 Å². The number of sulfone groups is 1. The van der Waals surface area contributed by atoms with Crippen LogP contribution in [0.15, 0.2) is 46.2 Å². The molecular weight excluding hydrogens is 388 g/mol. The Balaban J connectivity index is 2.04. The summed E-state index contributed by atoms with van der Waals surface area (Å²) in [6.07, 6.45) is 0. The Labute approximate surface area is 162 Å². The number of nitrogens with zero attached hydrogens (tertiary/aromatic N) is 2. The normalized spacial score (nSPS) is 15.5. The van der Waals surface area contributed by atoms with Crippen molar-refractivity contribution in [2.24, 2.45) is 0 Å². The van der Waals surface area contributed by atoms with Gasteiger partial charge in [0.25, 0.3) is 0 Å². The van der Waals surface area contributed by atoms with Gasteiger partial charge >= 0.3 is 0 Å². The fourth-order valence-corrected chi connectivity index (χ4v) is 4.48. The summed E-state index contributed by atoms with van der Waals surface area (Å²) in [5, 5.41) is 2.54. The van der Waals surface area contributed by atoms with Crippen molar-refractivity contribution in [1.82, 2.24) is 4.90 Å². The van der Waals surface area contributed by atoms with Gasteiger partial charge in [-0.2, -0.15) is 0 Å². The third kappa shape index (κ3) is 4.15. The molecular formula is C19H21F2N3O3S. The van der Waals surface area contributed by atoms with Crippen molar-refractivity contribution in [3.8, 4) is 0 Å². The van der Waals surface area contributed by atoms with Crippen LogP contribution >= 0.6 is 0 Å². The molecule has 6 nitrogen and oxygen atoms in total. The van der Waals surface area contributed by atoms with E-state index in [1.165, 1.54) is 13.0 Å². The number of anilines is 2. The quantitative estimate of drug-likeness (QED) is 0.786. The molecule has 1 amide bonds. The number of likely N-dealkylation sites (N-methyl/N-ethyl adjacent to an activating group) is 1. The van der Waals surface area contributed by atoms with Gasteiger partial charge in [0.05, 0.1) is 15.5 Å². The average molecular weight is 409 g/mol. The minimum atomic E-state index is -4.16. The molecule has 1 fully saturated rings. The van der Waals surface area contributed by atoms with Crippen molar-refractivity contribution in [2.45, 2.75) is 16.7 Å². The number of benzene rings is 2. The first-order chi connectivity index (χ1) is 13.2. The van der Waals surface area contributed by atoms with Gasteiger partial charge in [-0.3, -0.25) is 4.79 Å². The molecule has 0 spiro atoms. The first-order valence-electron chi connectivity index (χ1n) is 8.74. The third-order valence-electron chi connectivity index (χ3n) is 4.63. The highest BCUT2D eigenvalue weighted by Gasteiger charge is 2.25. The number of halogens is 2. The second-order valence-corrected chi connectivity index (χ2v) is 8.65. The molecule has 1 heterocycles. The zero-order valence-corrected chi connectivity index (χ0v) is 16.4. The standard InChI is InChI=1S/C19H21F2N3O3S/c1-13(25)22-18-11-14(24-9-7-23(2)8-10-24)3-6-19(18)28(26,27)15-4-5-16(20)17(21)12-15/h3-6,11-12H,7-10H2,1-2H3,(H,22,25). The zero-order chi connectivity index (χ0) is 20.5. The maximum Gasteiger partial charge on any atom is 0.221 e. The summed E-state index contributed by atoms with van der Waals surface area (Å²) < 4.78 is 52.7. The molecule has 0 aromatic heterocycles. The van der Waals surface area contributed by atoms with Crippen LogP contribution in [0.5, 0.6) is 0 Å². The van der Waals surface area contributed by atoms with Crippen molar-refractivity contribution in [2.75, 3.05) is 43.4 Å². The lowest BCUT2D eigenvalue weighted by Gasteiger charge is -2.34. The number of hydrogen-bond donors (Lipinski definition) is 1. The van der Waals surface area contributed by atoms with Crippen LogP contribution in [0, 0.1) is 11.6 Å². The number of carbonyl (C=O) groups excluding carboxylic acids is 1. The summed E-state index contributed by atoms with van der Waals surface area (Å²) in [5.74, 6) is -2.82. The monoisotopic (exact) mass is 409 g/mol. The lowest BCUT2D eigenvalue weighted by atomic mass is 10.2. The van der Waals surface area contributed by atoms with E-state index < -0.39 is 27.4 Å². The number of hydrogen-bond acceptors (Lipinski definition) is 5. The Morgan fingerprint density at radius 2 is 1.68 bits per heavy atom. The summed E-state index contributed by atoms with van der Waals surface area (Å²) in [7, 11) is -2.13. The van der Waals surface area contributed by atoms with Crippen LogP contribution in [-0.2, 0) is 14.6 Å². The zero-order valence-electron chi connectivity index (χ0n) is 15.6. The van der Waals surface area contributed by atoms with E-state index >= 15 is 0 Å². The van der Waals surface area contributed by atoms with Gasteiger partial charge in [0, 0.05) is 38.8 Å². The Kier molecular flexibility index (Phi) is 5.66. The topological polar surface area (TPSA) is 69.7 Å². The van der Waals surface area contributed by atoms with E-state index in [1.54, 1.807) is 12.1 Å². The van der Waals surface area contributed by atoms with E-state index in [2.05, 4.69) is 15.1 Å². The second kappa shape index (κ2) is 7.84. The van der Waals surface area contributed by atoms with Gasteiger partial charge in [-0.05, 0) is 43.4 Å². The van der Waals surface area contributed by atoms with Gasteiger partial charge in [-0.1, -0.05) is 0 Å². The van der Waals surface area contributed by atoms with E-state index in [9.17, 15) is 22.0 Å². The number of rotatable bonds is 4. The predicted molar refractivity (Wildman–Crippen MR) is 102 cm³/mol. The lowest BCUT2D eigenvalue weighted by molar-refractivity contribution is -0.114. The van der Waals surface area contributed by atoms with E-state index in [-0.39, 0.29) is 15.5 Å². The molecule has 0 aliphatic carbocycles. The summed E-state index contributed by atoms with van der Waals surface area (Å²) in [6.45, 7) is 4.54. The minimum absolute atomic E-state index is 0.105. The van der Waals surface area contributed by atoms with Gasteiger partial charge < -0.3 is 15.1 Å². The largest absolute Gasteiger partial charge is 0.369 e. The van der Waals surface area contributed by atoms with E-state index in [4.69, 9.17) is 0 Å². The SMILES string of the molecule is CC(=O)Nc1cc(N2CCN(C)CC2)ccc1S(=O)(=O)c1ccc(F)c(F)c1. The van der Waals surface area contributed by atoms with Crippen LogP contribution in [-0.4, -0.2) is 52.5 Å². The highest BCUT2D eigenvalue weighted by Crippen LogP contribution is 2.32. The fraction of sp³-hybridized carbons (Fsp3) is 0.316. The summed E-state index contributed by atoms with van der Waals surface area (Å²) in [5.41, 5.74) is 0.884. The van der Waals surface area contributed by atoms with Crippen molar-refractivity contribution < 1.29 is 22.0 Å². The number of piperazine rings is 1. The minimum Gasteiger partial charge on any atom is -0.369 e. The predicted octanol–water partition coefficient (Wildman–Crippen LogP) is 2.51. The highest BCUT2D eigenvalue weighted by molar-refractivity contribution is 7.91. The molecule has 2 aromatic carbocycles. The third-order valence-corrected chi connectivity index (χ3v) is 6.44. The molecule has 150 valence electrons. The molecule has 1 N–H and O–H groups in total. The maximum atomic E-state index is 13.6. The van der Waals surface area contributed by atoms with Crippen LogP contribution in [0.2, 0.25) is 0 Å². The Morgan fingerprint density at radius 3 is 2.29 bits per heavy atom. The molecule has 28 heavy (non-hydrogen) atoms. The Hall–Kier alpha value is -2.52. The Morgan fingerprint density at radius 1 is 1.00 bits per heavy atom. The molecule has 0 saturated carbocycles. The van der Waals surface area contributed by atoms with Gasteiger partial charge in [-0.15, -0.1) is 0 Å². The molecule has 1 aliphatic rings. The number of amides is 1. The van der Waals surface area contributed by atoms with Crippen LogP contribution in [0.25, 0.3) is 0 Å². The fourth-order valence-electron chi connectivity index (χ4n) is 3.07. The molecule has 0 radical (unpaired) electrons. The van der Waals surface area contributed by atoms with Crippen LogP contribution < -0.4 is 10.2 Å². The first-order valence-corrected chi connectivity index (χ1v) is 10.2. The molecule has 2 aromatic rings. The molecule has 3 rings (SSSR count). The van der Waals surface area contributed by atoms with Crippen LogP contribution in [0.3, 0.4) is 0 Å². The van der Waals surface area contributed by atoms with Crippen molar-refractivity contribution >= 4 is 27.1 Å². The van der Waals surface area contributed by atoms with Crippen molar-refractivity contribution in [3.05, 3.63) is 48.0 Å². The summed E-state index contributed by atoms with van der Waals surface area (Å²) in [6, 6.07) is 7.04. The van der Waals surface area contributed by atoms with E-state index in [0.29, 0.717) is 6.07 Å². The van der Waals surface area contributed by atoms with Gasteiger partial charge in [0.1, 0.15) is 0 Å². The van der Waals surface area contributed by atoms with Crippen LogP contribution in [0.1, 0.15) is 6.92 Å². The lowest BCUT2D eigenvalue weighted by Crippen LogP contribution is -2.44. The summed E-state index contributed by atoms with van der Waals surface area (Å²) in [4.78, 5) is 15.3. The van der Waals surface area contributed by atoms with Crippen LogP contribution in [0.4, 0.5) is 20.2 Å². The number of carbonyl (C=O) groups is 1. The molecule has 1 saturated heterocycles. The van der Waals surface area contributed by atoms with E-state index in [1.807, 2.05) is 7.05 Å². The molecule has 0 unspecified atom stereocenters. The number of nitrogens with one attached hydrogen (secondary N) is 1. The maximum absolute atomic E-state index is 13.6. The Bertz CT molecular complexity index is 1000. The average Bonchev–Trinajstić information content (AvgIpc) is 2.64. The first kappa shape index (κ1) is 20.2. The van der Waals surface area contributed by atoms with Crippen molar-refractivity contribution in [1.29, 1.82) is 0 Å². The highest BCUT2D eigenvalue weighted by atomic mass is 32.2. The smallest absolute Gasteiger partial charge is 0.221 e. The molecule has 0 atom stereocenters. The van der Waals surface area contributed by atoms with Gasteiger partial charge in [0.2, 0.25) is 15.7 Å². The van der Waals surface area contributed by atoms with E-state index in [0.717, 1.165) is 44.0 Å². The van der Waals surface area contributed by atoms with Gasteiger partial charge in [0.15, 0.2) is 11.6 Å². The second-order valence-electron chi connectivity index (χ2n) is 6.73.